The van der Waals surface area contributed by atoms with Crippen LogP contribution in [0.5, 0.6) is 0 Å². The van der Waals surface area contributed by atoms with Crippen LogP contribution in [0.1, 0.15) is 48.4 Å². The maximum Gasteiger partial charge on any atom is 0.306 e. The second-order valence-electron chi connectivity index (χ2n) is 7.29. The fraction of sp³-hybridized carbons (Fsp3) is 0.348. The van der Waals surface area contributed by atoms with Crippen molar-refractivity contribution in [3.8, 4) is 0 Å². The van der Waals surface area contributed by atoms with E-state index in [1.165, 1.54) is 0 Å². The summed E-state index contributed by atoms with van der Waals surface area (Å²) in [6, 6.07) is 10.3. The van der Waals surface area contributed by atoms with E-state index in [0.29, 0.717) is 6.61 Å². The summed E-state index contributed by atoms with van der Waals surface area (Å²) < 4.78 is 8.22. The molecule has 0 saturated carbocycles. The Labute approximate surface area is 179 Å². The number of fused-ring (bicyclic) bond motifs is 2. The number of hydrogen-bond donors (Lipinski definition) is 1. The number of ether oxygens (including phenoxy) is 1. The van der Waals surface area contributed by atoms with Gasteiger partial charge in [0.05, 0.1) is 25.2 Å². The van der Waals surface area contributed by atoms with E-state index in [0.717, 1.165) is 49.9 Å². The van der Waals surface area contributed by atoms with Crippen LogP contribution in [0.3, 0.4) is 0 Å². The minimum absolute atomic E-state index is 0.0418. The third-order valence-electron chi connectivity index (χ3n) is 5.56. The summed E-state index contributed by atoms with van der Waals surface area (Å²) in [5, 5.41) is 21.6. The van der Waals surface area contributed by atoms with Crippen LogP contribution in [0.2, 0.25) is 0 Å². The molecule has 0 spiro atoms. The van der Waals surface area contributed by atoms with E-state index in [-0.39, 0.29) is 24.9 Å². The molecule has 1 unspecified atom stereocenters. The highest BCUT2D eigenvalue weighted by atomic mass is 32.1. The lowest BCUT2D eigenvalue weighted by Crippen LogP contribution is -2.13. The lowest BCUT2D eigenvalue weighted by molar-refractivity contribution is -0.143. The minimum Gasteiger partial charge on any atom is -0.466 e. The maximum absolute atomic E-state index is 12.5. The maximum atomic E-state index is 12.5. The molecule has 2 aromatic carbocycles. The van der Waals surface area contributed by atoms with E-state index >= 15 is 0 Å². The molecule has 0 amide bonds. The molecule has 0 fully saturated rings. The van der Waals surface area contributed by atoms with Crippen molar-refractivity contribution in [2.45, 2.75) is 46.3 Å². The molecule has 4 aromatic rings. The number of nitrogens with zero attached hydrogens (tertiary/aromatic N) is 3. The Morgan fingerprint density at radius 2 is 2.10 bits per heavy atom. The molecule has 6 nitrogen and oxygen atoms in total. The van der Waals surface area contributed by atoms with Crippen molar-refractivity contribution in [2.24, 2.45) is 0 Å². The monoisotopic (exact) mass is 423 g/mol. The summed E-state index contributed by atoms with van der Waals surface area (Å²) in [5.41, 5.74) is 5.74. The van der Waals surface area contributed by atoms with E-state index in [4.69, 9.17) is 4.74 Å². The summed E-state index contributed by atoms with van der Waals surface area (Å²) in [5.74, 6) is -0.440. The zero-order valence-electron chi connectivity index (χ0n) is 17.4. The fourth-order valence-electron chi connectivity index (χ4n) is 4.09. The molecule has 4 rings (SSSR count). The fourth-order valence-corrected chi connectivity index (χ4v) is 4.98. The first-order valence-electron chi connectivity index (χ1n) is 10.2. The van der Waals surface area contributed by atoms with E-state index in [9.17, 15) is 9.90 Å². The highest BCUT2D eigenvalue weighted by molar-refractivity contribution is 7.17. The van der Waals surface area contributed by atoms with Gasteiger partial charge in [0.2, 0.25) is 0 Å². The van der Waals surface area contributed by atoms with Crippen LogP contribution in [0.15, 0.2) is 35.7 Å². The average Bonchev–Trinajstić information content (AvgIpc) is 3.39. The van der Waals surface area contributed by atoms with Gasteiger partial charge in [0.15, 0.2) is 0 Å². The van der Waals surface area contributed by atoms with Crippen molar-refractivity contribution in [1.82, 2.24) is 15.0 Å². The molecule has 0 radical (unpaired) electrons. The molecule has 0 aliphatic heterocycles. The zero-order chi connectivity index (χ0) is 21.3. The summed E-state index contributed by atoms with van der Waals surface area (Å²) >= 11 is 1.61. The van der Waals surface area contributed by atoms with Gasteiger partial charge in [-0.05, 0) is 72.0 Å². The Balaban J connectivity index is 1.88. The second-order valence-corrected chi connectivity index (χ2v) is 8.21. The first kappa shape index (κ1) is 20.5. The van der Waals surface area contributed by atoms with Crippen LogP contribution < -0.4 is 0 Å². The van der Waals surface area contributed by atoms with Gasteiger partial charge < -0.3 is 9.84 Å². The number of carbonyl (C=O) groups is 1. The number of thiophene rings is 1. The molecule has 30 heavy (non-hydrogen) atoms. The normalized spacial score (nSPS) is 12.5. The van der Waals surface area contributed by atoms with Gasteiger partial charge in [-0.15, -0.1) is 16.4 Å². The molecular formula is C23H25N3O3S. The number of esters is 1. The van der Waals surface area contributed by atoms with Gasteiger partial charge in [0.1, 0.15) is 5.52 Å². The average molecular weight is 424 g/mol. The van der Waals surface area contributed by atoms with Crippen molar-refractivity contribution >= 4 is 38.4 Å². The summed E-state index contributed by atoms with van der Waals surface area (Å²) in [6.07, 6.45) is 0.225. The van der Waals surface area contributed by atoms with E-state index in [1.807, 2.05) is 49.0 Å². The molecule has 2 aromatic heterocycles. The number of aliphatic hydroxyl groups is 1. The van der Waals surface area contributed by atoms with Crippen molar-refractivity contribution in [1.29, 1.82) is 0 Å². The van der Waals surface area contributed by atoms with Crippen LogP contribution in [-0.4, -0.2) is 32.7 Å². The topological polar surface area (TPSA) is 77.2 Å². The van der Waals surface area contributed by atoms with Crippen LogP contribution in [0.25, 0.3) is 21.1 Å². The number of carbonyl (C=O) groups excluding carboxylic acids is 1. The van der Waals surface area contributed by atoms with Gasteiger partial charge >= 0.3 is 5.97 Å². The van der Waals surface area contributed by atoms with Gasteiger partial charge in [-0.2, -0.15) is 0 Å². The first-order chi connectivity index (χ1) is 14.6. The smallest absolute Gasteiger partial charge is 0.306 e. The summed E-state index contributed by atoms with van der Waals surface area (Å²) in [6.45, 7) is 6.93. The van der Waals surface area contributed by atoms with Crippen LogP contribution in [0.4, 0.5) is 0 Å². The third-order valence-corrected chi connectivity index (χ3v) is 6.56. The van der Waals surface area contributed by atoms with Crippen molar-refractivity contribution in [3.05, 3.63) is 58.0 Å². The van der Waals surface area contributed by atoms with Gasteiger partial charge in [0.25, 0.3) is 0 Å². The van der Waals surface area contributed by atoms with E-state index in [1.54, 1.807) is 11.3 Å². The molecule has 0 aliphatic rings. The van der Waals surface area contributed by atoms with Crippen molar-refractivity contribution in [2.75, 3.05) is 6.61 Å². The Kier molecular flexibility index (Phi) is 5.83. The standard InChI is InChI=1S/C23H25N3O3S/c1-4-26-20-7-6-18(14(3)22(20)24-25-26)19(12-21(28)29-5-2)16-10-15-8-9-30-23(15)17(11-16)13-27/h6-11,19,27H,4-5,12-13H2,1-3H3. The van der Waals surface area contributed by atoms with E-state index < -0.39 is 0 Å². The lowest BCUT2D eigenvalue weighted by Gasteiger charge is -2.21. The number of aromatic nitrogens is 3. The number of benzene rings is 2. The Bertz CT molecular complexity index is 1210. The summed E-state index contributed by atoms with van der Waals surface area (Å²) in [4.78, 5) is 12.5. The van der Waals surface area contributed by atoms with Crippen molar-refractivity contribution in [3.63, 3.8) is 0 Å². The SMILES string of the molecule is CCOC(=O)CC(c1cc(CO)c2sccc2c1)c1ccc2c(nnn2CC)c1C. The van der Waals surface area contributed by atoms with Gasteiger partial charge in [-0.25, -0.2) is 4.68 Å². The second kappa shape index (κ2) is 8.53. The number of aryl methyl sites for hydroxylation is 2. The van der Waals surface area contributed by atoms with Gasteiger partial charge in [0, 0.05) is 17.2 Å². The Morgan fingerprint density at radius 1 is 1.27 bits per heavy atom. The molecule has 0 bridgehead atoms. The van der Waals surface area contributed by atoms with Crippen LogP contribution in [-0.2, 0) is 22.7 Å². The van der Waals surface area contributed by atoms with Gasteiger partial charge in [-0.3, -0.25) is 4.79 Å². The number of hydrogen-bond acceptors (Lipinski definition) is 6. The van der Waals surface area contributed by atoms with Crippen LogP contribution in [0, 0.1) is 6.92 Å². The summed E-state index contributed by atoms with van der Waals surface area (Å²) in [7, 11) is 0. The minimum atomic E-state index is -0.241. The molecule has 2 heterocycles. The van der Waals surface area contributed by atoms with Crippen LogP contribution >= 0.6 is 11.3 Å². The third kappa shape index (κ3) is 3.59. The molecule has 7 heteroatoms. The quantitative estimate of drug-likeness (QED) is 0.441. The molecular weight excluding hydrogens is 398 g/mol. The molecule has 156 valence electrons. The highest BCUT2D eigenvalue weighted by Gasteiger charge is 2.24. The molecule has 0 aliphatic carbocycles. The van der Waals surface area contributed by atoms with Crippen molar-refractivity contribution < 1.29 is 14.6 Å². The van der Waals surface area contributed by atoms with Gasteiger partial charge in [-0.1, -0.05) is 17.3 Å². The number of rotatable bonds is 7. The first-order valence-corrected chi connectivity index (χ1v) is 11.0. The molecule has 1 N–H and O–H groups in total. The Morgan fingerprint density at radius 3 is 2.83 bits per heavy atom. The largest absolute Gasteiger partial charge is 0.466 e. The lowest BCUT2D eigenvalue weighted by atomic mass is 9.84. The zero-order valence-corrected chi connectivity index (χ0v) is 18.2. The predicted octanol–water partition coefficient (Wildman–Crippen LogP) is 4.55. The molecule has 1 atom stereocenters. The number of aliphatic hydroxyl groups excluding tert-OH is 1. The van der Waals surface area contributed by atoms with E-state index in [2.05, 4.69) is 22.4 Å². The Hall–Kier alpha value is -2.77. The molecule has 0 saturated heterocycles. The predicted molar refractivity (Wildman–Crippen MR) is 119 cm³/mol. The highest BCUT2D eigenvalue weighted by Crippen LogP contribution is 2.37.